The zero-order valence-electron chi connectivity index (χ0n) is 16.1. The Hall–Kier alpha value is -1.95. The molecule has 140 valence electrons. The van der Waals surface area contributed by atoms with Crippen LogP contribution in [-0.4, -0.2) is 12.8 Å². The van der Waals surface area contributed by atoms with E-state index in [1.54, 1.807) is 0 Å². The second-order valence-corrected chi connectivity index (χ2v) is 12.4. The standard InChI is InChI=1S/C25H29OP/c1-26-27(22-14-6-2-7-15-22,23-16-8-3-9-17-23,24-18-10-4-11-19-24)25-20-12-5-13-21-25/h2-4,6-11,14-19,25H,5,12-13,20-21H2,1H3. The van der Waals surface area contributed by atoms with Crippen molar-refractivity contribution in [2.45, 2.75) is 37.8 Å². The van der Waals surface area contributed by atoms with Crippen LogP contribution in [-0.2, 0) is 4.52 Å². The number of rotatable bonds is 5. The zero-order chi connectivity index (χ0) is 18.6. The predicted octanol–water partition coefficient (Wildman–Crippen LogP) is 5.41. The van der Waals surface area contributed by atoms with Crippen molar-refractivity contribution in [3.8, 4) is 0 Å². The second kappa shape index (κ2) is 7.58. The summed E-state index contributed by atoms with van der Waals surface area (Å²) in [6.45, 7) is -3.06. The molecule has 0 unspecified atom stereocenters. The molecule has 4 rings (SSSR count). The third kappa shape index (κ3) is 2.68. The van der Waals surface area contributed by atoms with Gasteiger partial charge in [-0.2, -0.15) is 0 Å². The normalized spacial score (nSPS) is 17.1. The van der Waals surface area contributed by atoms with Crippen molar-refractivity contribution >= 4 is 22.7 Å². The van der Waals surface area contributed by atoms with E-state index in [-0.39, 0.29) is 0 Å². The van der Waals surface area contributed by atoms with Gasteiger partial charge >= 0.3 is 163 Å². The molecule has 1 aliphatic rings. The Bertz CT molecular complexity index is 755. The van der Waals surface area contributed by atoms with Gasteiger partial charge in [-0.1, -0.05) is 0 Å². The van der Waals surface area contributed by atoms with Crippen molar-refractivity contribution in [1.29, 1.82) is 0 Å². The molecule has 0 bridgehead atoms. The number of hydrogen-bond donors (Lipinski definition) is 0. The summed E-state index contributed by atoms with van der Waals surface area (Å²) in [4.78, 5) is 0. The molecule has 1 aliphatic carbocycles. The maximum atomic E-state index is 6.95. The summed E-state index contributed by atoms with van der Waals surface area (Å²) in [7, 11) is 1.96. The van der Waals surface area contributed by atoms with Crippen molar-refractivity contribution in [3.05, 3.63) is 91.0 Å². The number of hydrogen-bond acceptors (Lipinski definition) is 1. The van der Waals surface area contributed by atoms with Gasteiger partial charge in [0.05, 0.1) is 0 Å². The molecule has 0 heterocycles. The molecule has 0 N–H and O–H groups in total. The van der Waals surface area contributed by atoms with E-state index in [4.69, 9.17) is 4.52 Å². The van der Waals surface area contributed by atoms with Crippen LogP contribution in [0.5, 0.6) is 0 Å². The summed E-state index contributed by atoms with van der Waals surface area (Å²) < 4.78 is 6.95. The van der Waals surface area contributed by atoms with Gasteiger partial charge in [-0.25, -0.2) is 0 Å². The molecule has 0 aliphatic heterocycles. The first-order valence-electron chi connectivity index (χ1n) is 10.1. The van der Waals surface area contributed by atoms with E-state index < -0.39 is 6.83 Å². The van der Waals surface area contributed by atoms with Crippen LogP contribution < -0.4 is 15.9 Å². The van der Waals surface area contributed by atoms with Crippen LogP contribution in [0.3, 0.4) is 0 Å². The predicted molar refractivity (Wildman–Crippen MR) is 119 cm³/mol. The van der Waals surface area contributed by atoms with Gasteiger partial charge in [0.15, 0.2) is 0 Å². The van der Waals surface area contributed by atoms with Crippen molar-refractivity contribution in [2.24, 2.45) is 0 Å². The van der Waals surface area contributed by atoms with E-state index in [0.29, 0.717) is 5.66 Å². The first-order chi connectivity index (χ1) is 13.3. The molecule has 1 fully saturated rings. The Morgan fingerprint density at radius 1 is 0.593 bits per heavy atom. The van der Waals surface area contributed by atoms with Crippen LogP contribution in [0.1, 0.15) is 32.1 Å². The topological polar surface area (TPSA) is 9.23 Å². The molecule has 0 spiro atoms. The van der Waals surface area contributed by atoms with Crippen molar-refractivity contribution in [1.82, 2.24) is 0 Å². The van der Waals surface area contributed by atoms with Gasteiger partial charge in [-0.3, -0.25) is 0 Å². The molecule has 2 heteroatoms. The van der Waals surface area contributed by atoms with Crippen molar-refractivity contribution in [2.75, 3.05) is 7.11 Å². The zero-order valence-corrected chi connectivity index (χ0v) is 17.0. The fraction of sp³-hybridized carbons (Fsp3) is 0.280. The molecule has 0 atom stereocenters. The third-order valence-corrected chi connectivity index (χ3v) is 13.1. The van der Waals surface area contributed by atoms with Crippen molar-refractivity contribution < 1.29 is 4.52 Å². The van der Waals surface area contributed by atoms with E-state index in [1.165, 1.54) is 48.0 Å². The van der Waals surface area contributed by atoms with Gasteiger partial charge in [0.1, 0.15) is 0 Å². The van der Waals surface area contributed by atoms with Gasteiger partial charge < -0.3 is 0 Å². The van der Waals surface area contributed by atoms with E-state index in [0.717, 1.165) is 0 Å². The van der Waals surface area contributed by atoms with Gasteiger partial charge in [-0.15, -0.1) is 0 Å². The third-order valence-electron chi connectivity index (χ3n) is 6.46. The molecule has 3 aromatic carbocycles. The molecule has 1 saturated carbocycles. The summed E-state index contributed by atoms with van der Waals surface area (Å²) in [6, 6.07) is 33.2. The summed E-state index contributed by atoms with van der Waals surface area (Å²) in [5.74, 6) is 0. The fourth-order valence-electron chi connectivity index (χ4n) is 5.29. The maximum absolute atomic E-state index is 6.95. The molecular formula is C25H29OP. The van der Waals surface area contributed by atoms with Gasteiger partial charge in [0, 0.05) is 0 Å². The molecule has 0 aromatic heterocycles. The SMILES string of the molecule is COP(c1ccccc1)(c1ccccc1)(c1ccccc1)C1CCCCC1. The van der Waals surface area contributed by atoms with Crippen LogP contribution in [0, 0.1) is 0 Å². The van der Waals surface area contributed by atoms with Crippen LogP contribution in [0.4, 0.5) is 0 Å². The minimum absolute atomic E-state index is 0.516. The van der Waals surface area contributed by atoms with E-state index in [1.807, 2.05) is 7.11 Å². The van der Waals surface area contributed by atoms with E-state index >= 15 is 0 Å². The quantitative estimate of drug-likeness (QED) is 0.541. The molecule has 3 aromatic rings. The average Bonchev–Trinajstić information content (AvgIpc) is 2.78. The monoisotopic (exact) mass is 376 g/mol. The molecule has 0 radical (unpaired) electrons. The van der Waals surface area contributed by atoms with Crippen LogP contribution in [0.15, 0.2) is 91.0 Å². The molecule has 0 saturated heterocycles. The minimum atomic E-state index is -3.06. The first kappa shape index (κ1) is 18.4. The Morgan fingerprint density at radius 3 is 1.30 bits per heavy atom. The van der Waals surface area contributed by atoms with Crippen molar-refractivity contribution in [3.63, 3.8) is 0 Å². The Balaban J connectivity index is 2.15. The second-order valence-electron chi connectivity index (χ2n) is 7.58. The molecular weight excluding hydrogens is 347 g/mol. The summed E-state index contributed by atoms with van der Waals surface area (Å²) in [5, 5.41) is 4.07. The molecule has 1 nitrogen and oxygen atoms in total. The van der Waals surface area contributed by atoms with Gasteiger partial charge in [0.2, 0.25) is 0 Å². The van der Waals surface area contributed by atoms with Gasteiger partial charge in [-0.05, 0) is 0 Å². The average molecular weight is 376 g/mol. The first-order valence-corrected chi connectivity index (χ1v) is 12.3. The molecule has 0 amide bonds. The fourth-order valence-corrected chi connectivity index (χ4v) is 12.0. The molecule has 27 heavy (non-hydrogen) atoms. The Labute approximate surface area is 163 Å². The summed E-state index contributed by atoms with van der Waals surface area (Å²) in [6.07, 6.45) is 6.37. The van der Waals surface area contributed by atoms with Crippen LogP contribution >= 0.6 is 6.83 Å². The summed E-state index contributed by atoms with van der Waals surface area (Å²) in [5.41, 5.74) is 0.516. The van der Waals surface area contributed by atoms with E-state index in [2.05, 4.69) is 91.0 Å². The Kier molecular flexibility index (Phi) is 5.17. The van der Waals surface area contributed by atoms with E-state index in [9.17, 15) is 0 Å². The van der Waals surface area contributed by atoms with Crippen LogP contribution in [0.25, 0.3) is 0 Å². The Morgan fingerprint density at radius 2 is 0.963 bits per heavy atom. The summed E-state index contributed by atoms with van der Waals surface area (Å²) >= 11 is 0. The van der Waals surface area contributed by atoms with Gasteiger partial charge in [0.25, 0.3) is 0 Å². The van der Waals surface area contributed by atoms with Crippen LogP contribution in [0.2, 0.25) is 0 Å². The number of benzene rings is 3.